The molecule has 1 aliphatic rings. The van der Waals surface area contributed by atoms with Gasteiger partial charge >= 0.3 is 0 Å². The summed E-state index contributed by atoms with van der Waals surface area (Å²) in [5.41, 5.74) is 1.49. The number of nitrogens with one attached hydrogen (secondary N) is 2. The molecule has 1 fully saturated rings. The molecule has 1 unspecified atom stereocenters. The molecule has 1 aliphatic heterocycles. The minimum Gasteiger partial charge on any atom is -0.449 e. The van der Waals surface area contributed by atoms with E-state index in [1.807, 2.05) is 31.3 Å². The van der Waals surface area contributed by atoms with Crippen molar-refractivity contribution in [3.05, 3.63) is 48.2 Å². The van der Waals surface area contributed by atoms with Crippen LogP contribution in [-0.4, -0.2) is 35.4 Å². The van der Waals surface area contributed by atoms with Crippen LogP contribution in [0.4, 0.5) is 11.6 Å². The molecule has 0 radical (unpaired) electrons. The van der Waals surface area contributed by atoms with E-state index in [9.17, 15) is 4.79 Å². The second-order valence-electron chi connectivity index (χ2n) is 5.99. The highest BCUT2D eigenvalue weighted by molar-refractivity contribution is 7.80. The maximum Gasteiger partial charge on any atom is 0.198 e. The van der Waals surface area contributed by atoms with Crippen molar-refractivity contribution in [2.24, 2.45) is 0 Å². The molecule has 24 heavy (non-hydrogen) atoms. The number of carbonyl (C=O) groups excluding carboxylic acids is 1. The summed E-state index contributed by atoms with van der Waals surface area (Å²) in [6.07, 6.45) is 4.76. The Balaban J connectivity index is 1.67. The number of likely N-dealkylation sites (tertiary alicyclic amines) is 1. The number of benzene rings is 1. The number of hydrogen-bond acceptors (Lipinski definition) is 4. The molecular formula is C18H21N3O2S. The van der Waals surface area contributed by atoms with Gasteiger partial charge in [0, 0.05) is 17.3 Å². The number of carbonyl (C=O) groups is 1. The number of nitrogens with zero attached hydrogens (tertiary/aromatic N) is 1. The van der Waals surface area contributed by atoms with Crippen molar-refractivity contribution in [2.45, 2.75) is 25.3 Å². The van der Waals surface area contributed by atoms with Crippen LogP contribution >= 0.6 is 12.2 Å². The Morgan fingerprint density at radius 1 is 1.25 bits per heavy atom. The molecule has 2 N–H and O–H groups in total. The first-order valence-corrected chi connectivity index (χ1v) is 8.50. The Bertz CT molecular complexity index is 715. The summed E-state index contributed by atoms with van der Waals surface area (Å²) in [6.45, 7) is 0.978. The van der Waals surface area contributed by atoms with E-state index in [2.05, 4.69) is 15.5 Å². The predicted octanol–water partition coefficient (Wildman–Crippen LogP) is 3.76. The van der Waals surface area contributed by atoms with Crippen LogP contribution in [0.2, 0.25) is 0 Å². The molecule has 1 atom stereocenters. The molecule has 5 nitrogen and oxygen atoms in total. The molecule has 6 heteroatoms. The fourth-order valence-corrected chi connectivity index (χ4v) is 3.19. The standard InChI is InChI=1S/C18H21N3O2S/c1-21-10-3-2-8-15(21)17(22)13-6-4-7-14(12-13)19-18(24)20-16-9-5-11-23-16/h4-7,9,11-12,15H,2-3,8,10H2,1H3,(H2,19,20,24). The smallest absolute Gasteiger partial charge is 0.198 e. The quantitative estimate of drug-likeness (QED) is 0.651. The Morgan fingerprint density at radius 2 is 2.12 bits per heavy atom. The third-order valence-corrected chi connectivity index (χ3v) is 4.44. The van der Waals surface area contributed by atoms with Gasteiger partial charge in [-0.3, -0.25) is 9.69 Å². The van der Waals surface area contributed by atoms with E-state index in [0.29, 0.717) is 16.6 Å². The van der Waals surface area contributed by atoms with Gasteiger partial charge in [0.1, 0.15) is 0 Å². The largest absolute Gasteiger partial charge is 0.449 e. The Morgan fingerprint density at radius 3 is 2.88 bits per heavy atom. The van der Waals surface area contributed by atoms with Gasteiger partial charge in [0.15, 0.2) is 16.8 Å². The summed E-state index contributed by atoms with van der Waals surface area (Å²) in [4.78, 5) is 14.9. The molecular weight excluding hydrogens is 322 g/mol. The average molecular weight is 343 g/mol. The van der Waals surface area contributed by atoms with Crippen molar-refractivity contribution in [1.82, 2.24) is 4.90 Å². The van der Waals surface area contributed by atoms with Gasteiger partial charge in [0.05, 0.1) is 12.3 Å². The van der Waals surface area contributed by atoms with E-state index in [4.69, 9.17) is 16.6 Å². The molecule has 126 valence electrons. The van der Waals surface area contributed by atoms with E-state index in [1.54, 1.807) is 18.4 Å². The van der Waals surface area contributed by atoms with E-state index in [0.717, 1.165) is 31.5 Å². The number of ketones is 1. The van der Waals surface area contributed by atoms with Crippen LogP contribution in [0.25, 0.3) is 0 Å². The number of rotatable bonds is 4. The van der Waals surface area contributed by atoms with Gasteiger partial charge in [0.25, 0.3) is 0 Å². The first-order chi connectivity index (χ1) is 11.6. The number of piperidine rings is 1. The van der Waals surface area contributed by atoms with Crippen molar-refractivity contribution >= 4 is 34.7 Å². The van der Waals surface area contributed by atoms with Gasteiger partial charge in [-0.25, -0.2) is 0 Å². The highest BCUT2D eigenvalue weighted by Gasteiger charge is 2.26. The minimum absolute atomic E-state index is 0.0257. The van der Waals surface area contributed by atoms with Crippen molar-refractivity contribution in [3.8, 4) is 0 Å². The lowest BCUT2D eigenvalue weighted by Crippen LogP contribution is -2.42. The zero-order valence-corrected chi connectivity index (χ0v) is 14.4. The molecule has 0 saturated carbocycles. The zero-order valence-electron chi connectivity index (χ0n) is 13.6. The molecule has 0 amide bonds. The highest BCUT2D eigenvalue weighted by atomic mass is 32.1. The van der Waals surface area contributed by atoms with Gasteiger partial charge in [0.2, 0.25) is 0 Å². The lowest BCUT2D eigenvalue weighted by atomic mass is 9.95. The number of furan rings is 1. The van der Waals surface area contributed by atoms with E-state index in [1.165, 1.54) is 0 Å². The summed E-state index contributed by atoms with van der Waals surface area (Å²) >= 11 is 5.26. The third kappa shape index (κ3) is 4.01. The van der Waals surface area contributed by atoms with E-state index >= 15 is 0 Å². The monoisotopic (exact) mass is 343 g/mol. The Hall–Kier alpha value is -2.18. The normalized spacial score (nSPS) is 18.1. The van der Waals surface area contributed by atoms with Crippen molar-refractivity contribution in [3.63, 3.8) is 0 Å². The first kappa shape index (κ1) is 16.7. The van der Waals surface area contributed by atoms with Gasteiger partial charge in [-0.2, -0.15) is 0 Å². The van der Waals surface area contributed by atoms with Crippen LogP contribution in [0, 0.1) is 0 Å². The fraction of sp³-hybridized carbons (Fsp3) is 0.333. The van der Waals surface area contributed by atoms with Crippen LogP contribution in [0.5, 0.6) is 0 Å². The van der Waals surface area contributed by atoms with Gasteiger partial charge in [-0.15, -0.1) is 0 Å². The Labute approximate surface area is 147 Å². The molecule has 1 saturated heterocycles. The molecule has 3 rings (SSSR count). The van der Waals surface area contributed by atoms with Crippen molar-refractivity contribution < 1.29 is 9.21 Å². The topological polar surface area (TPSA) is 57.5 Å². The summed E-state index contributed by atoms with van der Waals surface area (Å²) in [6, 6.07) is 11.0. The summed E-state index contributed by atoms with van der Waals surface area (Å²) in [5.74, 6) is 0.745. The Kier molecular flexibility index (Phi) is 5.27. The van der Waals surface area contributed by atoms with Crippen LogP contribution < -0.4 is 10.6 Å². The van der Waals surface area contributed by atoms with E-state index in [-0.39, 0.29) is 11.8 Å². The molecule has 1 aromatic heterocycles. The highest BCUT2D eigenvalue weighted by Crippen LogP contribution is 2.21. The number of Topliss-reactive ketones (excluding diaryl/α,β-unsaturated/α-hetero) is 1. The SMILES string of the molecule is CN1CCCCC1C(=O)c1cccc(NC(=S)Nc2ccco2)c1. The molecule has 2 heterocycles. The second-order valence-corrected chi connectivity index (χ2v) is 6.40. The zero-order chi connectivity index (χ0) is 16.9. The minimum atomic E-state index is -0.0257. The maximum absolute atomic E-state index is 12.8. The van der Waals surface area contributed by atoms with Crippen LogP contribution in [0.3, 0.4) is 0 Å². The lowest BCUT2D eigenvalue weighted by molar-refractivity contribution is 0.0798. The molecule has 0 bridgehead atoms. The molecule has 1 aromatic carbocycles. The van der Waals surface area contributed by atoms with Crippen molar-refractivity contribution in [2.75, 3.05) is 24.2 Å². The summed E-state index contributed by atoms with van der Waals surface area (Å²) < 4.78 is 5.20. The average Bonchev–Trinajstić information content (AvgIpc) is 3.07. The summed E-state index contributed by atoms with van der Waals surface area (Å²) in [5, 5.41) is 6.45. The third-order valence-electron chi connectivity index (χ3n) is 4.24. The van der Waals surface area contributed by atoms with Gasteiger partial charge in [-0.1, -0.05) is 18.6 Å². The number of thiocarbonyl (C=S) groups is 1. The lowest BCUT2D eigenvalue weighted by Gasteiger charge is -2.31. The van der Waals surface area contributed by atoms with Crippen LogP contribution in [0.1, 0.15) is 29.6 Å². The number of likely N-dealkylation sites (N-methyl/N-ethyl adjacent to an activating group) is 1. The number of anilines is 2. The predicted molar refractivity (Wildman–Crippen MR) is 99.6 cm³/mol. The van der Waals surface area contributed by atoms with Crippen LogP contribution in [-0.2, 0) is 0 Å². The van der Waals surface area contributed by atoms with Crippen molar-refractivity contribution in [1.29, 1.82) is 0 Å². The van der Waals surface area contributed by atoms with Gasteiger partial charge in [-0.05, 0) is 56.9 Å². The van der Waals surface area contributed by atoms with Gasteiger partial charge < -0.3 is 15.1 Å². The van der Waals surface area contributed by atoms with Crippen LogP contribution in [0.15, 0.2) is 47.1 Å². The molecule has 0 spiro atoms. The summed E-state index contributed by atoms with van der Waals surface area (Å²) in [7, 11) is 2.02. The number of hydrogen-bond donors (Lipinski definition) is 2. The fourth-order valence-electron chi connectivity index (χ4n) is 2.97. The molecule has 0 aliphatic carbocycles. The molecule has 2 aromatic rings. The first-order valence-electron chi connectivity index (χ1n) is 8.09. The maximum atomic E-state index is 12.8. The second kappa shape index (κ2) is 7.59. The van der Waals surface area contributed by atoms with E-state index < -0.39 is 0 Å².